The first-order valence-electron chi connectivity index (χ1n) is 11.4. The molecule has 2 aromatic rings. The van der Waals surface area contributed by atoms with Crippen molar-refractivity contribution in [2.75, 3.05) is 25.7 Å². The number of β-lactam (4-membered cyclic amide) rings is 1. The zero-order valence-corrected chi connectivity index (χ0v) is 22.4. The van der Waals surface area contributed by atoms with Gasteiger partial charge in [-0.15, -0.1) is 23.1 Å². The van der Waals surface area contributed by atoms with Crippen LogP contribution in [-0.4, -0.2) is 64.8 Å². The highest BCUT2D eigenvalue weighted by Gasteiger charge is 2.53. The smallest absolute Gasteiger partial charge is 0.276 e. The number of aromatic nitrogens is 2. The van der Waals surface area contributed by atoms with Crippen LogP contribution in [0.4, 0.5) is 5.13 Å². The number of amides is 2. The third-order valence-electron chi connectivity index (χ3n) is 6.45. The Morgan fingerprint density at radius 3 is 2.86 bits per heavy atom. The number of nitrogen functional groups attached to an aromatic ring is 1. The molecular weight excluding hydrogens is 540 g/mol. The highest BCUT2D eigenvalue weighted by molar-refractivity contribution is 8.00. The van der Waals surface area contributed by atoms with E-state index in [1.54, 1.807) is 23.8 Å². The lowest BCUT2D eigenvalue weighted by Crippen LogP contribution is -2.71. The van der Waals surface area contributed by atoms with Gasteiger partial charge in [-0.25, -0.2) is 4.98 Å². The van der Waals surface area contributed by atoms with Gasteiger partial charge in [0.2, 0.25) is 5.51 Å². The monoisotopic (exact) mass is 564 g/mol. The number of thiazole rings is 2. The van der Waals surface area contributed by atoms with Crippen LogP contribution < -0.4 is 20.7 Å². The number of nitrogens with one attached hydrogen (secondary N) is 1. The van der Waals surface area contributed by atoms with Crippen LogP contribution in [0.15, 0.2) is 27.3 Å². The van der Waals surface area contributed by atoms with E-state index in [0.717, 1.165) is 41.2 Å². The molecule has 0 saturated carbocycles. The zero-order valence-electron chi connectivity index (χ0n) is 20.0. The van der Waals surface area contributed by atoms with E-state index >= 15 is 0 Å². The molecule has 0 aromatic carbocycles. The number of fused-ring (bicyclic) bond motifs is 2. The Hall–Kier alpha value is -3.01. The second-order valence-corrected chi connectivity index (χ2v) is 11.5. The fourth-order valence-electron chi connectivity index (χ4n) is 4.77. The first-order valence-corrected chi connectivity index (χ1v) is 14.2. The van der Waals surface area contributed by atoms with Crippen molar-refractivity contribution < 1.29 is 33.6 Å². The van der Waals surface area contributed by atoms with Crippen LogP contribution in [0.1, 0.15) is 35.2 Å². The SMILES string of the molecule is CO/N=C(\C(=O)N[C@@H]1C(=O)N2C(C(=O)[O-])=C(C[n+]3csc4c3CCCC4OC)CS[C@@H]12)c1csc(N)n1. The molecule has 0 spiro atoms. The molecule has 0 radical (unpaired) electrons. The summed E-state index contributed by atoms with van der Waals surface area (Å²) in [7, 11) is 2.98. The fraction of sp³-hybridized carbons (Fsp3) is 0.455. The Labute approximate surface area is 224 Å². The van der Waals surface area contributed by atoms with E-state index < -0.39 is 29.2 Å². The van der Waals surface area contributed by atoms with E-state index in [-0.39, 0.29) is 28.3 Å². The van der Waals surface area contributed by atoms with Crippen molar-refractivity contribution in [1.82, 2.24) is 15.2 Å². The Bertz CT molecular complexity index is 1320. The first kappa shape index (κ1) is 25.6. The number of rotatable bonds is 8. The molecule has 4 heterocycles. The fourth-order valence-corrected chi connectivity index (χ4v) is 7.81. The molecule has 37 heavy (non-hydrogen) atoms. The minimum atomic E-state index is -1.42. The first-order chi connectivity index (χ1) is 17.8. The number of thioether (sulfide) groups is 1. The summed E-state index contributed by atoms with van der Waals surface area (Å²) in [6, 6.07) is -0.935. The van der Waals surface area contributed by atoms with Crippen LogP contribution in [0.25, 0.3) is 0 Å². The number of carbonyl (C=O) groups excluding carboxylic acids is 3. The Kier molecular flexibility index (Phi) is 7.20. The number of hydrogen-bond donors (Lipinski definition) is 2. The van der Waals surface area contributed by atoms with Gasteiger partial charge in [0.05, 0.1) is 17.8 Å². The maximum atomic E-state index is 13.1. The molecule has 196 valence electrons. The number of carboxylic acids is 1. The van der Waals surface area contributed by atoms with Gasteiger partial charge in [0.1, 0.15) is 29.1 Å². The van der Waals surface area contributed by atoms with E-state index in [1.807, 2.05) is 10.1 Å². The number of anilines is 1. The summed E-state index contributed by atoms with van der Waals surface area (Å²) in [5, 5.41) is 19.8. The maximum absolute atomic E-state index is 13.1. The maximum Gasteiger partial charge on any atom is 0.276 e. The van der Waals surface area contributed by atoms with Gasteiger partial charge < -0.3 is 30.5 Å². The van der Waals surface area contributed by atoms with Crippen molar-refractivity contribution in [3.8, 4) is 0 Å². The summed E-state index contributed by atoms with van der Waals surface area (Å²) in [4.78, 5) is 49.3. The molecule has 2 amide bonds. The summed E-state index contributed by atoms with van der Waals surface area (Å²) in [5.41, 5.74) is 9.30. The number of carbonyl (C=O) groups is 3. The van der Waals surface area contributed by atoms with Crippen molar-refractivity contribution in [2.45, 2.75) is 43.3 Å². The molecule has 15 heteroatoms. The van der Waals surface area contributed by atoms with Crippen molar-refractivity contribution in [1.29, 1.82) is 0 Å². The summed E-state index contributed by atoms with van der Waals surface area (Å²) in [5.74, 6) is -2.26. The van der Waals surface area contributed by atoms with Gasteiger partial charge in [-0.05, 0) is 12.8 Å². The normalized spacial score (nSPS) is 23.3. The van der Waals surface area contributed by atoms with E-state index in [4.69, 9.17) is 15.3 Å². The van der Waals surface area contributed by atoms with E-state index in [2.05, 4.69) is 15.5 Å². The Morgan fingerprint density at radius 1 is 1.38 bits per heavy atom. The number of aliphatic carboxylic acids is 1. The van der Waals surface area contributed by atoms with Crippen LogP contribution in [0.3, 0.4) is 0 Å². The zero-order chi connectivity index (χ0) is 26.3. The molecule has 1 fully saturated rings. The lowest BCUT2D eigenvalue weighted by atomic mass is 9.99. The van der Waals surface area contributed by atoms with E-state index in [9.17, 15) is 19.5 Å². The van der Waals surface area contributed by atoms with Gasteiger partial charge >= 0.3 is 0 Å². The van der Waals surface area contributed by atoms with Gasteiger partial charge in [-0.3, -0.25) is 14.5 Å². The molecule has 3 N–H and O–H groups in total. The number of nitrogens with zero attached hydrogens (tertiary/aromatic N) is 4. The molecule has 1 unspecified atom stereocenters. The second kappa shape index (κ2) is 10.4. The molecule has 1 saturated heterocycles. The molecule has 0 bridgehead atoms. The highest BCUT2D eigenvalue weighted by Crippen LogP contribution is 2.41. The molecule has 2 aliphatic heterocycles. The number of oxime groups is 1. The van der Waals surface area contributed by atoms with Crippen LogP contribution >= 0.6 is 34.4 Å². The molecule has 1 aliphatic carbocycles. The standard InChI is InChI=1S/C22H24N6O6S3/c1-33-13-5-3-4-12-17(13)37-9-27(12)6-10-7-35-20-15(19(30)28(20)16(10)21(31)32)25-18(29)14(26-34-2)11-8-36-22(23)24-11/h8-9,13,15,20H,3-7H2,1-2H3,(H3-,23,24,25,29,31,32)/b26-14-/t13?,15-,20+/m1/s1. The van der Waals surface area contributed by atoms with Gasteiger partial charge in [0.25, 0.3) is 11.8 Å². The van der Waals surface area contributed by atoms with Crippen LogP contribution in [-0.2, 0) is 36.9 Å². The topological polar surface area (TPSA) is 163 Å². The van der Waals surface area contributed by atoms with Gasteiger partial charge in [-0.2, -0.15) is 4.57 Å². The molecule has 3 atom stereocenters. The summed E-state index contributed by atoms with van der Waals surface area (Å²) in [6.07, 6.45) is 2.87. The number of nitrogens with two attached hydrogens (primary N) is 1. The van der Waals surface area contributed by atoms with Crippen molar-refractivity contribution in [3.63, 3.8) is 0 Å². The Balaban J connectivity index is 1.35. The van der Waals surface area contributed by atoms with Crippen LogP contribution in [0.5, 0.6) is 0 Å². The lowest BCUT2D eigenvalue weighted by Gasteiger charge is -2.50. The number of methoxy groups -OCH3 is 1. The van der Waals surface area contributed by atoms with Crippen LogP contribution in [0, 0.1) is 0 Å². The quantitative estimate of drug-likeness (QED) is 0.187. The summed E-state index contributed by atoms with van der Waals surface area (Å²) in [6.45, 7) is 0.335. The number of ether oxygens (including phenoxy) is 1. The van der Waals surface area contributed by atoms with Gasteiger partial charge in [0.15, 0.2) is 23.1 Å². The molecule has 3 aliphatic rings. The van der Waals surface area contributed by atoms with Gasteiger partial charge in [-0.1, -0.05) is 16.5 Å². The number of carboxylic acid groups (broad SMARTS) is 1. The molecule has 12 nitrogen and oxygen atoms in total. The average molecular weight is 565 g/mol. The third-order valence-corrected chi connectivity index (χ3v) is 9.57. The predicted octanol–water partition coefficient (Wildman–Crippen LogP) is -0.447. The van der Waals surface area contributed by atoms with Crippen molar-refractivity contribution >= 4 is 63.1 Å². The lowest BCUT2D eigenvalue weighted by molar-refractivity contribution is -0.692. The van der Waals surface area contributed by atoms with E-state index in [0.29, 0.717) is 17.9 Å². The second-order valence-electron chi connectivity index (χ2n) is 8.57. The minimum Gasteiger partial charge on any atom is -0.543 e. The van der Waals surface area contributed by atoms with E-state index in [1.165, 1.54) is 23.8 Å². The molecular formula is C22H24N6O6S3. The van der Waals surface area contributed by atoms with Crippen molar-refractivity contribution in [3.05, 3.63) is 38.4 Å². The van der Waals surface area contributed by atoms with Gasteiger partial charge in [0, 0.05) is 30.2 Å². The molecule has 5 rings (SSSR count). The predicted molar refractivity (Wildman–Crippen MR) is 134 cm³/mol. The number of hydrogen-bond acceptors (Lipinski definition) is 12. The average Bonchev–Trinajstić information content (AvgIpc) is 3.51. The third kappa shape index (κ3) is 4.60. The van der Waals surface area contributed by atoms with Crippen molar-refractivity contribution in [2.24, 2.45) is 5.16 Å². The molecule has 2 aromatic heterocycles. The summed E-state index contributed by atoms with van der Waals surface area (Å²) < 4.78 is 7.65. The Morgan fingerprint density at radius 2 is 2.19 bits per heavy atom. The minimum absolute atomic E-state index is 0.0447. The largest absolute Gasteiger partial charge is 0.543 e. The van der Waals surface area contributed by atoms with Crippen LogP contribution in [0.2, 0.25) is 0 Å². The summed E-state index contributed by atoms with van der Waals surface area (Å²) >= 11 is 4.12. The highest BCUT2D eigenvalue weighted by atomic mass is 32.2.